The molecule has 2 rings (SSSR count). The summed E-state index contributed by atoms with van der Waals surface area (Å²) in [6.07, 6.45) is -0.0592. The van der Waals surface area contributed by atoms with E-state index in [2.05, 4.69) is 15.6 Å². The van der Waals surface area contributed by atoms with Crippen molar-refractivity contribution in [3.8, 4) is 11.5 Å². The molecule has 0 spiro atoms. The van der Waals surface area contributed by atoms with E-state index in [1.807, 2.05) is 57.2 Å². The second kappa shape index (κ2) is 10.9. The summed E-state index contributed by atoms with van der Waals surface area (Å²) in [4.78, 5) is 4.25. The fraction of sp³-hybridized carbons (Fsp3) is 0.421. The van der Waals surface area contributed by atoms with Gasteiger partial charge in [0.1, 0.15) is 17.6 Å². The third-order valence-corrected chi connectivity index (χ3v) is 3.72. The van der Waals surface area contributed by atoms with Crippen LogP contribution in [0.5, 0.6) is 11.5 Å². The van der Waals surface area contributed by atoms with Gasteiger partial charge in [0.2, 0.25) is 0 Å². The van der Waals surface area contributed by atoms with Crippen LogP contribution in [0.15, 0.2) is 45.8 Å². The van der Waals surface area contributed by atoms with Crippen molar-refractivity contribution in [1.82, 2.24) is 10.6 Å². The quantitative estimate of drug-likeness (QED) is 0.363. The van der Waals surface area contributed by atoms with Gasteiger partial charge in [0, 0.05) is 7.05 Å². The molecular weight excluding hydrogens is 445 g/mol. The molecule has 0 amide bonds. The van der Waals surface area contributed by atoms with Crippen LogP contribution >= 0.6 is 24.0 Å². The molecule has 144 valence electrons. The van der Waals surface area contributed by atoms with Gasteiger partial charge in [-0.3, -0.25) is 4.99 Å². The van der Waals surface area contributed by atoms with Gasteiger partial charge in [0.15, 0.2) is 17.5 Å². The first-order valence-electron chi connectivity index (χ1n) is 8.36. The van der Waals surface area contributed by atoms with E-state index in [9.17, 15) is 0 Å². The molecule has 0 aliphatic carbocycles. The summed E-state index contributed by atoms with van der Waals surface area (Å²) >= 11 is 0. The number of hydrogen-bond acceptors (Lipinski definition) is 4. The van der Waals surface area contributed by atoms with Gasteiger partial charge in [-0.1, -0.05) is 12.1 Å². The van der Waals surface area contributed by atoms with Gasteiger partial charge in [-0.05, 0) is 45.0 Å². The average Bonchev–Trinajstić information content (AvgIpc) is 3.05. The van der Waals surface area contributed by atoms with E-state index in [1.165, 1.54) is 0 Å². The number of hydrogen-bond donors (Lipinski definition) is 2. The van der Waals surface area contributed by atoms with Crippen LogP contribution in [0.2, 0.25) is 0 Å². The maximum atomic E-state index is 5.94. The highest BCUT2D eigenvalue weighted by Crippen LogP contribution is 2.26. The van der Waals surface area contributed by atoms with Gasteiger partial charge < -0.3 is 24.5 Å². The topological polar surface area (TPSA) is 68.0 Å². The van der Waals surface area contributed by atoms with E-state index >= 15 is 0 Å². The number of nitrogens with zero attached hydrogens (tertiary/aromatic N) is 1. The van der Waals surface area contributed by atoms with Crippen LogP contribution in [0.4, 0.5) is 0 Å². The molecule has 0 radical (unpaired) electrons. The van der Waals surface area contributed by atoms with Crippen molar-refractivity contribution in [3.63, 3.8) is 0 Å². The molecular formula is C19H28IN3O3. The Bertz CT molecular complexity index is 703. The van der Waals surface area contributed by atoms with Gasteiger partial charge in [-0.15, -0.1) is 24.0 Å². The number of halogens is 1. The molecule has 0 saturated carbocycles. The fourth-order valence-electron chi connectivity index (χ4n) is 2.37. The number of ether oxygens (including phenoxy) is 2. The Morgan fingerprint density at radius 1 is 1.15 bits per heavy atom. The number of nitrogens with one attached hydrogen (secondary N) is 2. The summed E-state index contributed by atoms with van der Waals surface area (Å²) in [6.45, 7) is 6.55. The number of para-hydroxylation sites is 2. The van der Waals surface area contributed by atoms with E-state index in [0.717, 1.165) is 23.0 Å². The van der Waals surface area contributed by atoms with Crippen molar-refractivity contribution in [3.05, 3.63) is 47.9 Å². The lowest BCUT2D eigenvalue weighted by molar-refractivity contribution is 0.213. The molecule has 1 aromatic heterocycles. The largest absolute Gasteiger partial charge is 0.493 e. The summed E-state index contributed by atoms with van der Waals surface area (Å²) in [5.41, 5.74) is 0. The van der Waals surface area contributed by atoms with Crippen molar-refractivity contribution in [2.45, 2.75) is 32.9 Å². The first-order valence-corrected chi connectivity index (χ1v) is 8.36. The maximum Gasteiger partial charge on any atom is 0.191 e. The van der Waals surface area contributed by atoms with E-state index in [4.69, 9.17) is 13.9 Å². The second-order valence-electron chi connectivity index (χ2n) is 5.85. The zero-order valence-corrected chi connectivity index (χ0v) is 18.2. The molecule has 26 heavy (non-hydrogen) atoms. The lowest BCUT2D eigenvalue weighted by atomic mass is 10.2. The molecule has 0 bridgehead atoms. The molecule has 6 nitrogen and oxygen atoms in total. The van der Waals surface area contributed by atoms with Gasteiger partial charge in [0.05, 0.1) is 19.7 Å². The van der Waals surface area contributed by atoms with Crippen molar-refractivity contribution in [2.75, 3.05) is 20.7 Å². The number of aryl methyl sites for hydroxylation is 1. The normalized spacial score (nSPS) is 13.3. The van der Waals surface area contributed by atoms with E-state index in [1.54, 1.807) is 14.2 Å². The van der Waals surface area contributed by atoms with E-state index in [0.29, 0.717) is 12.5 Å². The third-order valence-electron chi connectivity index (χ3n) is 3.72. The molecule has 1 heterocycles. The minimum atomic E-state index is -0.0592. The van der Waals surface area contributed by atoms with E-state index < -0.39 is 0 Å². The number of benzene rings is 1. The van der Waals surface area contributed by atoms with Crippen LogP contribution in [-0.4, -0.2) is 32.8 Å². The molecule has 2 atom stereocenters. The summed E-state index contributed by atoms with van der Waals surface area (Å²) in [7, 11) is 3.37. The molecule has 0 saturated heterocycles. The van der Waals surface area contributed by atoms with Crippen LogP contribution in [0.25, 0.3) is 0 Å². The Morgan fingerprint density at radius 3 is 2.42 bits per heavy atom. The minimum Gasteiger partial charge on any atom is -0.493 e. The molecule has 1 aromatic carbocycles. The predicted molar refractivity (Wildman–Crippen MR) is 115 cm³/mol. The second-order valence-corrected chi connectivity index (χ2v) is 5.85. The molecule has 0 aliphatic heterocycles. The standard InChI is InChI=1S/C19H27N3O3.HI/c1-13-10-11-16(24-13)15(3)22-19(20-4)21-12-14(2)25-18-9-7-6-8-17(18)23-5;/h6-11,14-15H,12H2,1-5H3,(H2,20,21,22);1H. The van der Waals surface area contributed by atoms with Gasteiger partial charge in [-0.2, -0.15) is 0 Å². The highest BCUT2D eigenvalue weighted by atomic mass is 127. The average molecular weight is 473 g/mol. The van der Waals surface area contributed by atoms with Crippen molar-refractivity contribution >= 4 is 29.9 Å². The van der Waals surface area contributed by atoms with Gasteiger partial charge >= 0.3 is 0 Å². The minimum absolute atomic E-state index is 0. The number of rotatable bonds is 7. The van der Waals surface area contributed by atoms with Crippen LogP contribution in [0.3, 0.4) is 0 Å². The van der Waals surface area contributed by atoms with Crippen molar-refractivity contribution < 1.29 is 13.9 Å². The first-order chi connectivity index (χ1) is 12.0. The Labute approximate surface area is 172 Å². The lowest BCUT2D eigenvalue weighted by Crippen LogP contribution is -2.42. The summed E-state index contributed by atoms with van der Waals surface area (Å²) in [5.74, 6) is 3.90. The summed E-state index contributed by atoms with van der Waals surface area (Å²) in [6, 6.07) is 11.5. The van der Waals surface area contributed by atoms with E-state index in [-0.39, 0.29) is 36.1 Å². The van der Waals surface area contributed by atoms with Gasteiger partial charge in [0.25, 0.3) is 0 Å². The molecule has 7 heteroatoms. The number of aliphatic imine (C=N–C) groups is 1. The van der Waals surface area contributed by atoms with Crippen molar-refractivity contribution in [2.24, 2.45) is 4.99 Å². The van der Waals surface area contributed by atoms with Crippen molar-refractivity contribution in [1.29, 1.82) is 0 Å². The number of furan rings is 1. The van der Waals surface area contributed by atoms with Crippen LogP contribution in [0.1, 0.15) is 31.4 Å². The Kier molecular flexibility index (Phi) is 9.32. The molecule has 2 unspecified atom stereocenters. The first kappa shape index (κ1) is 22.1. The maximum absolute atomic E-state index is 5.94. The summed E-state index contributed by atoms with van der Waals surface area (Å²) in [5, 5.41) is 6.57. The number of guanidine groups is 1. The molecule has 2 N–H and O–H groups in total. The van der Waals surface area contributed by atoms with Crippen LogP contribution in [-0.2, 0) is 0 Å². The smallest absolute Gasteiger partial charge is 0.191 e. The lowest BCUT2D eigenvalue weighted by Gasteiger charge is -2.20. The highest BCUT2D eigenvalue weighted by Gasteiger charge is 2.13. The molecule has 2 aromatic rings. The monoisotopic (exact) mass is 473 g/mol. The Hall–Kier alpha value is -1.90. The fourth-order valence-corrected chi connectivity index (χ4v) is 2.37. The third kappa shape index (κ3) is 6.44. The van der Waals surface area contributed by atoms with Crippen LogP contribution < -0.4 is 20.1 Å². The molecule has 0 fully saturated rings. The highest BCUT2D eigenvalue weighted by molar-refractivity contribution is 14.0. The zero-order valence-electron chi connectivity index (χ0n) is 15.9. The predicted octanol–water partition coefficient (Wildman–Crippen LogP) is 3.91. The summed E-state index contributed by atoms with van der Waals surface area (Å²) < 4.78 is 16.9. The van der Waals surface area contributed by atoms with Gasteiger partial charge in [-0.25, -0.2) is 0 Å². The van der Waals surface area contributed by atoms with Crippen LogP contribution in [0, 0.1) is 6.92 Å². The SMILES string of the molecule is CN=C(NCC(C)Oc1ccccc1OC)NC(C)c1ccc(C)o1.I. The number of methoxy groups -OCH3 is 1. The Balaban J connectivity index is 0.00000338. The molecule has 0 aliphatic rings. The zero-order chi connectivity index (χ0) is 18.2. The Morgan fingerprint density at radius 2 is 1.85 bits per heavy atom.